The van der Waals surface area contributed by atoms with Gasteiger partial charge in [-0.1, -0.05) is 0 Å². The normalized spacial score (nSPS) is 14.2. The first-order valence-corrected chi connectivity index (χ1v) is 7.52. The Bertz CT molecular complexity index is 694. The number of ether oxygens (including phenoxy) is 1. The smallest absolute Gasteiger partial charge is 0.376 e. The molecule has 2 aromatic rings. The van der Waals surface area contributed by atoms with Crippen LogP contribution < -0.4 is 0 Å². The quantitative estimate of drug-likeness (QED) is 0.769. The summed E-state index contributed by atoms with van der Waals surface area (Å²) in [5.41, 5.74) is 1.09. The summed E-state index contributed by atoms with van der Waals surface area (Å²) in [6.45, 7) is 2.00. The highest BCUT2D eigenvalue weighted by atomic mass is 79.9. The minimum Gasteiger partial charge on any atom is -0.460 e. The second-order valence-corrected chi connectivity index (χ2v) is 5.71. The predicted molar refractivity (Wildman–Crippen MR) is 77.5 cm³/mol. The lowest BCUT2D eigenvalue weighted by Gasteiger charge is -2.00. The van der Waals surface area contributed by atoms with Crippen molar-refractivity contribution in [3.8, 4) is 11.5 Å². The maximum absolute atomic E-state index is 13.4. The Kier molecular flexibility index (Phi) is 3.80. The van der Waals surface area contributed by atoms with Crippen LogP contribution in [0.1, 0.15) is 41.9 Å². The van der Waals surface area contributed by atoms with Crippen LogP contribution in [0.4, 0.5) is 4.39 Å². The number of aromatic nitrogens is 1. The monoisotopic (exact) mass is 353 g/mol. The largest absolute Gasteiger partial charge is 0.460 e. The van der Waals surface area contributed by atoms with E-state index in [0.29, 0.717) is 15.7 Å². The van der Waals surface area contributed by atoms with Gasteiger partial charge in [0.25, 0.3) is 0 Å². The third-order valence-corrected chi connectivity index (χ3v) is 3.93. The van der Waals surface area contributed by atoms with Crippen LogP contribution in [0.15, 0.2) is 27.1 Å². The maximum atomic E-state index is 13.4. The van der Waals surface area contributed by atoms with E-state index >= 15 is 0 Å². The summed E-state index contributed by atoms with van der Waals surface area (Å²) < 4.78 is 24.6. The van der Waals surface area contributed by atoms with E-state index in [0.717, 1.165) is 12.8 Å². The van der Waals surface area contributed by atoms with E-state index in [-0.39, 0.29) is 24.2 Å². The molecule has 1 aromatic carbocycles. The third-order valence-electron chi connectivity index (χ3n) is 3.24. The minimum atomic E-state index is -0.523. The first-order chi connectivity index (χ1) is 10.1. The van der Waals surface area contributed by atoms with E-state index in [4.69, 9.17) is 9.15 Å². The van der Waals surface area contributed by atoms with Gasteiger partial charge in [-0.2, -0.15) is 0 Å². The highest BCUT2D eigenvalue weighted by Gasteiger charge is 2.34. The van der Waals surface area contributed by atoms with Gasteiger partial charge in [0.05, 0.1) is 17.9 Å². The molecule has 0 N–H and O–H groups in total. The molecule has 0 amide bonds. The predicted octanol–water partition coefficient (Wildman–Crippen LogP) is 4.30. The summed E-state index contributed by atoms with van der Waals surface area (Å²) in [5, 5.41) is 0. The number of halogens is 2. The second-order valence-electron chi connectivity index (χ2n) is 4.85. The fraction of sp³-hybridized carbons (Fsp3) is 0.333. The number of carbonyl (C=O) groups is 1. The highest BCUT2D eigenvalue weighted by Crippen LogP contribution is 2.43. The van der Waals surface area contributed by atoms with Gasteiger partial charge in [-0.3, -0.25) is 0 Å². The van der Waals surface area contributed by atoms with Crippen LogP contribution in [0, 0.1) is 5.82 Å². The molecule has 0 spiro atoms. The molecule has 1 aliphatic carbocycles. The van der Waals surface area contributed by atoms with Gasteiger partial charge in [0.2, 0.25) is 11.7 Å². The Morgan fingerprint density at radius 1 is 1.52 bits per heavy atom. The molecule has 3 rings (SSSR count). The zero-order valence-corrected chi connectivity index (χ0v) is 12.9. The molecule has 1 saturated carbocycles. The molecular formula is C15H13BrFNO3. The Morgan fingerprint density at radius 3 is 2.95 bits per heavy atom. The summed E-state index contributed by atoms with van der Waals surface area (Å²) in [4.78, 5) is 16.3. The fourth-order valence-corrected chi connectivity index (χ4v) is 2.50. The number of oxazole rings is 1. The number of hydrogen-bond donors (Lipinski definition) is 0. The SMILES string of the molecule is CCOC(=O)c1oc(-c2cc(F)ccc2Br)nc1C1CC1. The van der Waals surface area contributed by atoms with Crippen molar-refractivity contribution in [3.63, 3.8) is 0 Å². The molecule has 0 saturated heterocycles. The molecule has 6 heteroatoms. The number of nitrogens with zero attached hydrogens (tertiary/aromatic N) is 1. The summed E-state index contributed by atoms with van der Waals surface area (Å²) in [7, 11) is 0. The molecule has 110 valence electrons. The van der Waals surface area contributed by atoms with Crippen LogP contribution in [0.2, 0.25) is 0 Å². The molecule has 0 aliphatic heterocycles. The van der Waals surface area contributed by atoms with Crippen LogP contribution >= 0.6 is 15.9 Å². The van der Waals surface area contributed by atoms with Crippen LogP contribution in [0.25, 0.3) is 11.5 Å². The first kappa shape index (κ1) is 14.3. The summed E-state index contributed by atoms with van der Waals surface area (Å²) >= 11 is 3.34. The molecule has 21 heavy (non-hydrogen) atoms. The van der Waals surface area contributed by atoms with Crippen molar-refractivity contribution in [1.29, 1.82) is 0 Å². The topological polar surface area (TPSA) is 52.3 Å². The molecule has 4 nitrogen and oxygen atoms in total. The lowest BCUT2D eigenvalue weighted by molar-refractivity contribution is 0.0489. The Balaban J connectivity index is 2.05. The van der Waals surface area contributed by atoms with E-state index < -0.39 is 11.8 Å². The van der Waals surface area contributed by atoms with Crippen molar-refractivity contribution < 1.29 is 18.3 Å². The summed E-state index contributed by atoms with van der Waals surface area (Å²) in [5.74, 6) is -0.325. The van der Waals surface area contributed by atoms with Gasteiger partial charge < -0.3 is 9.15 Å². The zero-order chi connectivity index (χ0) is 15.0. The fourth-order valence-electron chi connectivity index (χ4n) is 2.08. The average Bonchev–Trinajstić information content (AvgIpc) is 3.21. The number of carbonyl (C=O) groups excluding carboxylic acids is 1. The van der Waals surface area contributed by atoms with E-state index in [9.17, 15) is 9.18 Å². The zero-order valence-electron chi connectivity index (χ0n) is 11.4. The molecule has 1 fully saturated rings. The van der Waals surface area contributed by atoms with Crippen molar-refractivity contribution in [2.24, 2.45) is 0 Å². The molecule has 1 aliphatic rings. The van der Waals surface area contributed by atoms with Crippen molar-refractivity contribution in [1.82, 2.24) is 4.98 Å². The van der Waals surface area contributed by atoms with Crippen molar-refractivity contribution in [2.75, 3.05) is 6.61 Å². The van der Waals surface area contributed by atoms with Crippen molar-refractivity contribution in [2.45, 2.75) is 25.7 Å². The number of benzene rings is 1. The number of hydrogen-bond acceptors (Lipinski definition) is 4. The maximum Gasteiger partial charge on any atom is 0.376 e. The minimum absolute atomic E-state index is 0.130. The Morgan fingerprint density at radius 2 is 2.29 bits per heavy atom. The van der Waals surface area contributed by atoms with Gasteiger partial charge in [0.1, 0.15) is 5.82 Å². The molecule has 0 atom stereocenters. The second kappa shape index (κ2) is 5.60. The Hall–Kier alpha value is -1.69. The molecule has 0 radical (unpaired) electrons. The van der Waals surface area contributed by atoms with Gasteiger partial charge in [-0.05, 0) is 53.9 Å². The molecule has 0 unspecified atom stereocenters. The lowest BCUT2D eigenvalue weighted by atomic mass is 10.2. The van der Waals surface area contributed by atoms with Crippen molar-refractivity contribution >= 4 is 21.9 Å². The van der Waals surface area contributed by atoms with Gasteiger partial charge in [-0.15, -0.1) is 0 Å². The highest BCUT2D eigenvalue weighted by molar-refractivity contribution is 9.10. The van der Waals surface area contributed by atoms with Crippen LogP contribution in [0.5, 0.6) is 0 Å². The van der Waals surface area contributed by atoms with Gasteiger partial charge >= 0.3 is 5.97 Å². The summed E-state index contributed by atoms with van der Waals surface area (Å²) in [6, 6.07) is 4.24. The number of rotatable bonds is 4. The third kappa shape index (κ3) is 2.85. The van der Waals surface area contributed by atoms with E-state index in [1.165, 1.54) is 12.1 Å². The number of esters is 1. The first-order valence-electron chi connectivity index (χ1n) is 6.73. The van der Waals surface area contributed by atoms with Crippen LogP contribution in [-0.4, -0.2) is 17.6 Å². The van der Waals surface area contributed by atoms with Crippen LogP contribution in [-0.2, 0) is 4.74 Å². The van der Waals surface area contributed by atoms with Gasteiger partial charge in [0, 0.05) is 10.4 Å². The summed E-state index contributed by atoms with van der Waals surface area (Å²) in [6.07, 6.45) is 1.95. The molecule has 0 bridgehead atoms. The van der Waals surface area contributed by atoms with E-state index in [1.807, 2.05) is 0 Å². The van der Waals surface area contributed by atoms with Crippen LogP contribution in [0.3, 0.4) is 0 Å². The van der Waals surface area contributed by atoms with Gasteiger partial charge in [0.15, 0.2) is 0 Å². The van der Waals surface area contributed by atoms with Gasteiger partial charge in [-0.25, -0.2) is 14.2 Å². The average molecular weight is 354 g/mol. The van der Waals surface area contributed by atoms with Crippen molar-refractivity contribution in [3.05, 3.63) is 39.9 Å². The van der Waals surface area contributed by atoms with E-state index in [2.05, 4.69) is 20.9 Å². The molecular weight excluding hydrogens is 341 g/mol. The molecule has 1 aromatic heterocycles. The Labute approximate surface area is 129 Å². The molecule has 1 heterocycles. The standard InChI is InChI=1S/C15H13BrFNO3/c1-2-20-15(19)13-12(8-3-4-8)18-14(21-13)10-7-9(17)5-6-11(10)16/h5-8H,2-4H2,1H3. The lowest BCUT2D eigenvalue weighted by Crippen LogP contribution is -2.05. The van der Waals surface area contributed by atoms with E-state index in [1.54, 1.807) is 13.0 Å².